The molecule has 0 fully saturated rings. The number of thioether (sulfide) groups is 1. The lowest BCUT2D eigenvalue weighted by atomic mass is 10.4. The average Bonchev–Trinajstić information content (AvgIpc) is 2.50. The van der Waals surface area contributed by atoms with E-state index in [-0.39, 0.29) is 11.7 Å². The molecule has 60 valence electrons. The topological polar surface area (TPSA) is 17.1 Å². The Kier molecular flexibility index (Phi) is 3.43. The van der Waals surface area contributed by atoms with Crippen LogP contribution in [0.15, 0.2) is 16.3 Å². The molecule has 4 heteroatoms. The highest BCUT2D eigenvalue weighted by atomic mass is 35.5. The maximum absolute atomic E-state index is 11.0. The van der Waals surface area contributed by atoms with Crippen molar-refractivity contribution < 1.29 is 4.79 Å². The van der Waals surface area contributed by atoms with Gasteiger partial charge in [0.2, 0.25) is 0 Å². The molecule has 1 aromatic rings. The van der Waals surface area contributed by atoms with Crippen molar-refractivity contribution in [2.75, 3.05) is 12.1 Å². The summed E-state index contributed by atoms with van der Waals surface area (Å²) in [6.45, 7) is 0. The van der Waals surface area contributed by atoms with E-state index >= 15 is 0 Å². The fraction of sp³-hybridized carbons (Fsp3) is 0.286. The van der Waals surface area contributed by atoms with Crippen LogP contribution in [0.25, 0.3) is 0 Å². The maximum atomic E-state index is 11.0. The lowest BCUT2D eigenvalue weighted by molar-refractivity contribution is 0.102. The Balaban J connectivity index is 2.80. The number of carbonyl (C=O) groups is 1. The summed E-state index contributed by atoms with van der Waals surface area (Å²) in [6, 6.07) is 3.76. The normalized spacial score (nSPS) is 10.0. The largest absolute Gasteiger partial charge is 0.292 e. The van der Waals surface area contributed by atoms with E-state index in [0.29, 0.717) is 0 Å². The van der Waals surface area contributed by atoms with Gasteiger partial charge in [-0.3, -0.25) is 4.79 Å². The molecular weight excluding hydrogens is 200 g/mol. The summed E-state index contributed by atoms with van der Waals surface area (Å²) in [5.41, 5.74) is 0. The zero-order chi connectivity index (χ0) is 8.27. The van der Waals surface area contributed by atoms with Gasteiger partial charge in [0.1, 0.15) is 0 Å². The lowest BCUT2D eigenvalue weighted by Gasteiger charge is -1.87. The third-order valence-corrected chi connectivity index (χ3v) is 3.63. The van der Waals surface area contributed by atoms with Gasteiger partial charge in [0.15, 0.2) is 5.78 Å². The SMILES string of the molecule is CSc1ccc(C(=O)CCl)s1. The van der Waals surface area contributed by atoms with Gasteiger partial charge >= 0.3 is 0 Å². The highest BCUT2D eigenvalue weighted by molar-refractivity contribution is 8.00. The van der Waals surface area contributed by atoms with E-state index in [1.165, 1.54) is 11.3 Å². The first-order chi connectivity index (χ1) is 5.27. The molecule has 0 spiro atoms. The predicted molar refractivity (Wildman–Crippen MR) is 51.2 cm³/mol. The number of carbonyl (C=O) groups excluding carboxylic acids is 1. The fourth-order valence-electron chi connectivity index (χ4n) is 0.646. The number of halogens is 1. The number of alkyl halides is 1. The van der Waals surface area contributed by atoms with Crippen molar-refractivity contribution in [3.8, 4) is 0 Å². The summed E-state index contributed by atoms with van der Waals surface area (Å²) >= 11 is 8.52. The Morgan fingerprint density at radius 1 is 1.73 bits per heavy atom. The molecule has 1 heterocycles. The van der Waals surface area contributed by atoms with Gasteiger partial charge in [-0.2, -0.15) is 0 Å². The van der Waals surface area contributed by atoms with Crippen molar-refractivity contribution in [2.24, 2.45) is 0 Å². The van der Waals surface area contributed by atoms with Crippen molar-refractivity contribution in [1.29, 1.82) is 0 Å². The van der Waals surface area contributed by atoms with E-state index in [2.05, 4.69) is 0 Å². The summed E-state index contributed by atoms with van der Waals surface area (Å²) in [5.74, 6) is 0.0888. The minimum absolute atomic E-state index is 0.0111. The summed E-state index contributed by atoms with van der Waals surface area (Å²) in [6.07, 6.45) is 1.99. The van der Waals surface area contributed by atoms with E-state index in [9.17, 15) is 4.79 Å². The number of hydrogen-bond acceptors (Lipinski definition) is 3. The van der Waals surface area contributed by atoms with Gasteiger partial charge in [0.25, 0.3) is 0 Å². The van der Waals surface area contributed by atoms with Crippen LogP contribution < -0.4 is 0 Å². The summed E-state index contributed by atoms with van der Waals surface area (Å²) in [7, 11) is 0. The first kappa shape index (κ1) is 9.10. The van der Waals surface area contributed by atoms with Gasteiger partial charge in [0.05, 0.1) is 15.0 Å². The number of ketones is 1. The average molecular weight is 207 g/mol. The van der Waals surface area contributed by atoms with Crippen molar-refractivity contribution >= 4 is 40.5 Å². The Labute approximate surface area is 78.8 Å². The van der Waals surface area contributed by atoms with Gasteiger partial charge in [0, 0.05) is 0 Å². The second-order valence-electron chi connectivity index (χ2n) is 1.88. The van der Waals surface area contributed by atoms with Crippen LogP contribution in [0.3, 0.4) is 0 Å². The first-order valence-electron chi connectivity index (χ1n) is 3.01. The van der Waals surface area contributed by atoms with Gasteiger partial charge in [-0.25, -0.2) is 0 Å². The molecule has 0 radical (unpaired) electrons. The standard InChI is InChI=1S/C7H7ClOS2/c1-10-7-3-2-6(11-7)5(9)4-8/h2-3H,4H2,1H3. The molecule has 0 aliphatic rings. The minimum atomic E-state index is 0.0111. The monoisotopic (exact) mass is 206 g/mol. The van der Waals surface area contributed by atoms with Crippen LogP contribution in [0, 0.1) is 0 Å². The van der Waals surface area contributed by atoms with Crippen LogP contribution in [0.5, 0.6) is 0 Å². The number of Topliss-reactive ketones (excluding diaryl/α,β-unsaturated/α-hetero) is 1. The zero-order valence-corrected chi connectivity index (χ0v) is 8.35. The molecule has 0 bridgehead atoms. The lowest BCUT2D eigenvalue weighted by Crippen LogP contribution is -1.95. The van der Waals surface area contributed by atoms with E-state index < -0.39 is 0 Å². The highest BCUT2D eigenvalue weighted by Gasteiger charge is 2.06. The second-order valence-corrected chi connectivity index (χ2v) is 4.34. The van der Waals surface area contributed by atoms with E-state index in [4.69, 9.17) is 11.6 Å². The van der Waals surface area contributed by atoms with Crippen molar-refractivity contribution in [2.45, 2.75) is 4.21 Å². The molecular formula is C7H7ClOS2. The molecule has 0 amide bonds. The molecule has 0 saturated carbocycles. The van der Waals surface area contributed by atoms with Gasteiger partial charge in [-0.1, -0.05) is 0 Å². The molecule has 1 rings (SSSR count). The second kappa shape index (κ2) is 4.14. The zero-order valence-electron chi connectivity index (χ0n) is 5.96. The number of rotatable bonds is 3. The molecule has 0 atom stereocenters. The van der Waals surface area contributed by atoms with Crippen molar-refractivity contribution in [1.82, 2.24) is 0 Å². The van der Waals surface area contributed by atoms with Crippen LogP contribution in [0.2, 0.25) is 0 Å². The van der Waals surface area contributed by atoms with Crippen molar-refractivity contribution in [3.05, 3.63) is 17.0 Å². The Morgan fingerprint density at radius 3 is 2.91 bits per heavy atom. The quantitative estimate of drug-likeness (QED) is 0.430. The molecule has 0 aromatic carbocycles. The third kappa shape index (κ3) is 2.22. The van der Waals surface area contributed by atoms with Crippen LogP contribution in [-0.2, 0) is 0 Å². The summed E-state index contributed by atoms with van der Waals surface area (Å²) < 4.78 is 1.15. The van der Waals surface area contributed by atoms with Crippen LogP contribution in [0.1, 0.15) is 9.67 Å². The smallest absolute Gasteiger partial charge is 0.187 e. The Hall–Kier alpha value is 0.01000. The highest BCUT2D eigenvalue weighted by Crippen LogP contribution is 2.25. The molecule has 1 nitrogen and oxygen atoms in total. The first-order valence-corrected chi connectivity index (χ1v) is 5.58. The predicted octanol–water partition coefficient (Wildman–Crippen LogP) is 2.89. The van der Waals surface area contributed by atoms with Crippen LogP contribution >= 0.6 is 34.7 Å². The minimum Gasteiger partial charge on any atom is -0.292 e. The Bertz CT molecular complexity index is 257. The van der Waals surface area contributed by atoms with Crippen molar-refractivity contribution in [3.63, 3.8) is 0 Å². The summed E-state index contributed by atoms with van der Waals surface area (Å²) in [5, 5.41) is 0. The van der Waals surface area contributed by atoms with Crippen LogP contribution in [-0.4, -0.2) is 17.9 Å². The van der Waals surface area contributed by atoms with E-state index in [1.54, 1.807) is 11.8 Å². The number of thiophene rings is 1. The van der Waals surface area contributed by atoms with E-state index in [0.717, 1.165) is 9.09 Å². The van der Waals surface area contributed by atoms with Gasteiger partial charge < -0.3 is 0 Å². The fourth-order valence-corrected chi connectivity index (χ4v) is 2.35. The third-order valence-electron chi connectivity index (χ3n) is 1.18. The molecule has 0 saturated heterocycles. The molecule has 0 unspecified atom stereocenters. The summed E-state index contributed by atoms with van der Waals surface area (Å²) in [4.78, 5) is 11.8. The van der Waals surface area contributed by atoms with Crippen LogP contribution in [0.4, 0.5) is 0 Å². The van der Waals surface area contributed by atoms with E-state index in [1.807, 2.05) is 18.4 Å². The molecule has 0 aliphatic carbocycles. The van der Waals surface area contributed by atoms with Gasteiger partial charge in [-0.15, -0.1) is 34.7 Å². The molecule has 1 aromatic heterocycles. The molecule has 0 aliphatic heterocycles. The maximum Gasteiger partial charge on any atom is 0.187 e. The Morgan fingerprint density at radius 2 is 2.45 bits per heavy atom. The number of hydrogen-bond donors (Lipinski definition) is 0. The molecule has 11 heavy (non-hydrogen) atoms. The van der Waals surface area contributed by atoms with Gasteiger partial charge in [-0.05, 0) is 18.4 Å². The molecule has 0 N–H and O–H groups in total.